The van der Waals surface area contributed by atoms with Gasteiger partial charge in [0.15, 0.2) is 11.5 Å². The number of methoxy groups -OCH3 is 2. The average Bonchev–Trinajstić information content (AvgIpc) is 2.67. The first-order valence-corrected chi connectivity index (χ1v) is 8.60. The standard InChI is InChI=1S/C21H22N2O4/c1-12-9-18(26-3)19(27-4)10-16(12)13(2)23-21(25)17-11-22-20(24)15-8-6-5-7-14(15)17/h5-11,13H,1-4H3,(H,22,24)(H,23,25)/t13-/m0/s1. The van der Waals surface area contributed by atoms with E-state index in [1.807, 2.05) is 26.0 Å². The molecule has 0 aliphatic rings. The first kappa shape index (κ1) is 18.5. The van der Waals surface area contributed by atoms with Gasteiger partial charge in [-0.2, -0.15) is 0 Å². The maximum Gasteiger partial charge on any atom is 0.255 e. The molecular formula is C21H22N2O4. The molecule has 0 spiro atoms. The molecule has 0 saturated heterocycles. The molecule has 0 unspecified atom stereocenters. The average molecular weight is 366 g/mol. The number of H-pyrrole nitrogens is 1. The van der Waals surface area contributed by atoms with Gasteiger partial charge in [0.25, 0.3) is 11.5 Å². The third-order valence-corrected chi connectivity index (χ3v) is 4.64. The van der Waals surface area contributed by atoms with E-state index < -0.39 is 0 Å². The fourth-order valence-corrected chi connectivity index (χ4v) is 3.21. The number of aromatic amines is 1. The van der Waals surface area contributed by atoms with E-state index >= 15 is 0 Å². The van der Waals surface area contributed by atoms with Crippen LogP contribution in [-0.2, 0) is 0 Å². The zero-order chi connectivity index (χ0) is 19.6. The van der Waals surface area contributed by atoms with E-state index in [4.69, 9.17) is 9.47 Å². The number of carbonyl (C=O) groups excluding carboxylic acids is 1. The van der Waals surface area contributed by atoms with Crippen LogP contribution in [0, 0.1) is 6.92 Å². The lowest BCUT2D eigenvalue weighted by Gasteiger charge is -2.19. The Labute approximate surface area is 157 Å². The highest BCUT2D eigenvalue weighted by molar-refractivity contribution is 6.06. The zero-order valence-corrected chi connectivity index (χ0v) is 15.8. The minimum absolute atomic E-state index is 0.217. The molecule has 1 heterocycles. The number of benzene rings is 2. The Morgan fingerprint density at radius 1 is 1.07 bits per heavy atom. The van der Waals surface area contributed by atoms with Crippen LogP contribution in [0.4, 0.5) is 0 Å². The van der Waals surface area contributed by atoms with Crippen LogP contribution in [0.25, 0.3) is 10.8 Å². The maximum absolute atomic E-state index is 12.9. The molecule has 2 aromatic carbocycles. The summed E-state index contributed by atoms with van der Waals surface area (Å²) in [6.45, 7) is 3.86. The van der Waals surface area contributed by atoms with Crippen molar-refractivity contribution in [3.05, 3.63) is 69.6 Å². The second-order valence-electron chi connectivity index (χ2n) is 6.34. The lowest BCUT2D eigenvalue weighted by molar-refractivity contribution is 0.0941. The van der Waals surface area contributed by atoms with Crippen LogP contribution in [0.5, 0.6) is 11.5 Å². The Bertz CT molecular complexity index is 1060. The fraction of sp³-hybridized carbons (Fsp3) is 0.238. The van der Waals surface area contributed by atoms with Crippen LogP contribution in [0.15, 0.2) is 47.4 Å². The van der Waals surface area contributed by atoms with Gasteiger partial charge in [-0.1, -0.05) is 18.2 Å². The second-order valence-corrected chi connectivity index (χ2v) is 6.34. The van der Waals surface area contributed by atoms with E-state index in [2.05, 4.69) is 10.3 Å². The van der Waals surface area contributed by atoms with Crippen molar-refractivity contribution in [1.29, 1.82) is 0 Å². The van der Waals surface area contributed by atoms with E-state index in [0.29, 0.717) is 27.8 Å². The van der Waals surface area contributed by atoms with Crippen molar-refractivity contribution >= 4 is 16.7 Å². The zero-order valence-electron chi connectivity index (χ0n) is 15.8. The molecular weight excluding hydrogens is 344 g/mol. The van der Waals surface area contributed by atoms with Crippen molar-refractivity contribution in [3.63, 3.8) is 0 Å². The molecule has 140 valence electrons. The van der Waals surface area contributed by atoms with Gasteiger partial charge in [0.05, 0.1) is 25.8 Å². The van der Waals surface area contributed by atoms with E-state index in [0.717, 1.165) is 11.1 Å². The number of pyridine rings is 1. The predicted octanol–water partition coefficient (Wildman–Crippen LogP) is 3.34. The van der Waals surface area contributed by atoms with Crippen LogP contribution in [0.3, 0.4) is 0 Å². The summed E-state index contributed by atoms with van der Waals surface area (Å²) in [5, 5.41) is 4.10. The first-order valence-electron chi connectivity index (χ1n) is 8.60. The summed E-state index contributed by atoms with van der Waals surface area (Å²) in [6, 6.07) is 10.5. The largest absolute Gasteiger partial charge is 0.493 e. The summed E-state index contributed by atoms with van der Waals surface area (Å²) in [6.07, 6.45) is 1.45. The number of hydrogen-bond donors (Lipinski definition) is 2. The molecule has 0 saturated carbocycles. The number of aryl methyl sites for hydroxylation is 1. The summed E-state index contributed by atoms with van der Waals surface area (Å²) in [5.74, 6) is 0.988. The number of hydrogen-bond acceptors (Lipinski definition) is 4. The van der Waals surface area contributed by atoms with Gasteiger partial charge in [-0.25, -0.2) is 0 Å². The van der Waals surface area contributed by atoms with Gasteiger partial charge in [-0.3, -0.25) is 9.59 Å². The van der Waals surface area contributed by atoms with Crippen molar-refractivity contribution in [2.24, 2.45) is 0 Å². The molecule has 3 aromatic rings. The Morgan fingerprint density at radius 2 is 1.70 bits per heavy atom. The molecule has 0 fully saturated rings. The Hall–Kier alpha value is -3.28. The smallest absolute Gasteiger partial charge is 0.255 e. The van der Waals surface area contributed by atoms with Gasteiger partial charge in [0.2, 0.25) is 0 Å². The Balaban J connectivity index is 1.93. The second kappa shape index (κ2) is 7.53. The van der Waals surface area contributed by atoms with E-state index in [1.165, 1.54) is 6.20 Å². The van der Waals surface area contributed by atoms with Crippen molar-refractivity contribution in [2.45, 2.75) is 19.9 Å². The van der Waals surface area contributed by atoms with Gasteiger partial charge in [-0.05, 0) is 43.2 Å². The molecule has 0 radical (unpaired) electrons. The lowest BCUT2D eigenvalue weighted by Crippen LogP contribution is -2.28. The molecule has 27 heavy (non-hydrogen) atoms. The maximum atomic E-state index is 12.9. The van der Waals surface area contributed by atoms with Crippen LogP contribution in [0.1, 0.15) is 34.5 Å². The molecule has 1 atom stereocenters. The molecule has 2 N–H and O–H groups in total. The predicted molar refractivity (Wildman–Crippen MR) is 105 cm³/mol. The van der Waals surface area contributed by atoms with Gasteiger partial charge >= 0.3 is 0 Å². The molecule has 1 amide bonds. The van der Waals surface area contributed by atoms with Gasteiger partial charge in [-0.15, -0.1) is 0 Å². The summed E-state index contributed by atoms with van der Waals surface area (Å²) in [4.78, 5) is 27.4. The molecule has 3 rings (SSSR count). The SMILES string of the molecule is COc1cc(C)c([C@H](C)NC(=O)c2c[nH]c(=O)c3ccccc23)cc1OC. The van der Waals surface area contributed by atoms with Crippen LogP contribution in [-0.4, -0.2) is 25.1 Å². The summed E-state index contributed by atoms with van der Waals surface area (Å²) >= 11 is 0. The summed E-state index contributed by atoms with van der Waals surface area (Å²) in [7, 11) is 3.16. The monoisotopic (exact) mass is 366 g/mol. The third-order valence-electron chi connectivity index (χ3n) is 4.64. The van der Waals surface area contributed by atoms with Crippen molar-refractivity contribution in [3.8, 4) is 11.5 Å². The first-order chi connectivity index (χ1) is 13.0. The summed E-state index contributed by atoms with van der Waals surface area (Å²) in [5.41, 5.74) is 2.11. The molecule has 0 aliphatic heterocycles. The van der Waals surface area contributed by atoms with Crippen molar-refractivity contribution in [2.75, 3.05) is 14.2 Å². The van der Waals surface area contributed by atoms with Crippen molar-refractivity contribution in [1.82, 2.24) is 10.3 Å². The van der Waals surface area contributed by atoms with Crippen LogP contribution in [0.2, 0.25) is 0 Å². The van der Waals surface area contributed by atoms with Crippen LogP contribution < -0.4 is 20.3 Å². The number of nitrogens with one attached hydrogen (secondary N) is 2. The number of fused-ring (bicyclic) bond motifs is 1. The number of ether oxygens (including phenoxy) is 2. The number of aromatic nitrogens is 1. The lowest BCUT2D eigenvalue weighted by atomic mass is 10.0. The van der Waals surface area contributed by atoms with Crippen molar-refractivity contribution < 1.29 is 14.3 Å². The minimum atomic E-state index is -0.261. The molecule has 0 bridgehead atoms. The van der Waals surface area contributed by atoms with Gasteiger partial charge in [0, 0.05) is 17.0 Å². The normalized spacial score (nSPS) is 11.9. The fourth-order valence-electron chi connectivity index (χ4n) is 3.21. The highest BCUT2D eigenvalue weighted by atomic mass is 16.5. The highest BCUT2D eigenvalue weighted by Crippen LogP contribution is 2.33. The highest BCUT2D eigenvalue weighted by Gasteiger charge is 2.18. The number of rotatable bonds is 5. The van der Waals surface area contributed by atoms with E-state index in [1.54, 1.807) is 38.5 Å². The Morgan fingerprint density at radius 3 is 2.37 bits per heavy atom. The quantitative estimate of drug-likeness (QED) is 0.726. The summed E-state index contributed by atoms with van der Waals surface area (Å²) < 4.78 is 10.7. The molecule has 0 aliphatic carbocycles. The van der Waals surface area contributed by atoms with Crippen LogP contribution >= 0.6 is 0 Å². The van der Waals surface area contributed by atoms with E-state index in [9.17, 15) is 9.59 Å². The topological polar surface area (TPSA) is 80.4 Å². The Kier molecular flexibility index (Phi) is 5.16. The third kappa shape index (κ3) is 3.51. The number of carbonyl (C=O) groups is 1. The van der Waals surface area contributed by atoms with E-state index in [-0.39, 0.29) is 17.5 Å². The van der Waals surface area contributed by atoms with Gasteiger partial charge in [0.1, 0.15) is 0 Å². The molecule has 6 heteroatoms. The minimum Gasteiger partial charge on any atom is -0.493 e. The molecule has 1 aromatic heterocycles. The molecule has 6 nitrogen and oxygen atoms in total. The number of amides is 1. The van der Waals surface area contributed by atoms with Gasteiger partial charge < -0.3 is 19.8 Å².